The summed E-state index contributed by atoms with van der Waals surface area (Å²) in [5.41, 5.74) is 0. The molecule has 2 nitrogen and oxygen atoms in total. The third kappa shape index (κ3) is 3.00. The maximum atomic E-state index is 2.42. The van der Waals surface area contributed by atoms with Gasteiger partial charge in [0.1, 0.15) is 0 Å². The molecule has 4 fully saturated rings. The summed E-state index contributed by atoms with van der Waals surface area (Å²) in [4.78, 5) is 0. The van der Waals surface area contributed by atoms with E-state index < -0.39 is 0 Å². The van der Waals surface area contributed by atoms with Crippen LogP contribution in [0.1, 0.15) is 25.7 Å². The molecular weight excluding hydrogens is 380 g/mol. The monoisotopic (exact) mass is 410 g/mol. The second kappa shape index (κ2) is 5.82. The van der Waals surface area contributed by atoms with Crippen LogP contribution in [-0.4, -0.2) is 63.3 Å². The number of rotatable bonds is 2. The average Bonchev–Trinajstić information content (AvgIpc) is 2.10. The van der Waals surface area contributed by atoms with Crippen LogP contribution in [0.4, 0.5) is 0 Å². The zero-order valence-corrected chi connectivity index (χ0v) is 17.1. The van der Waals surface area contributed by atoms with Crippen molar-refractivity contribution in [1.82, 2.24) is 0 Å². The maximum Gasteiger partial charge on any atom is 0.0941 e. The molecule has 0 radical (unpaired) electrons. The molecule has 0 amide bonds. The van der Waals surface area contributed by atoms with Crippen LogP contribution in [-0.2, 0) is 0 Å². The molecular formula is C16H32Br2N2. The molecule has 0 aromatic rings. The summed E-state index contributed by atoms with van der Waals surface area (Å²) in [5, 5.41) is 0. The highest BCUT2D eigenvalue weighted by Gasteiger charge is 2.60. The summed E-state index contributed by atoms with van der Waals surface area (Å²) >= 11 is 0. The number of hydrogen-bond acceptors (Lipinski definition) is 0. The van der Waals surface area contributed by atoms with E-state index in [1.54, 1.807) is 0 Å². The van der Waals surface area contributed by atoms with Crippen molar-refractivity contribution in [3.63, 3.8) is 0 Å². The predicted molar refractivity (Wildman–Crippen MR) is 76.1 cm³/mol. The van der Waals surface area contributed by atoms with E-state index in [1.165, 1.54) is 34.6 Å². The third-order valence-corrected chi connectivity index (χ3v) is 6.14. The SMILES string of the molecule is C[N+](C)(C)C1C2CC3CC1CC(C2)C3[N+](C)(C)C.[Br-].[Br-]. The van der Waals surface area contributed by atoms with Gasteiger partial charge in [-0.25, -0.2) is 0 Å². The Morgan fingerprint density at radius 1 is 0.500 bits per heavy atom. The highest BCUT2D eigenvalue weighted by Crippen LogP contribution is 2.57. The zero-order chi connectivity index (χ0) is 13.3. The standard InChI is InChI=1S/C16H32N2.2BrH/c1-17(2,3)15-11-7-13-9-12(15)10-14(8-11)16(13)18(4,5)6;;/h11-16H,7-10H2,1-6H3;2*1H/q+2;;/p-2. The lowest BCUT2D eigenvalue weighted by atomic mass is 9.51. The molecule has 4 rings (SSSR count). The van der Waals surface area contributed by atoms with Crippen LogP contribution in [0.15, 0.2) is 0 Å². The molecule has 0 saturated heterocycles. The first-order valence-corrected chi connectivity index (χ1v) is 7.80. The Morgan fingerprint density at radius 3 is 0.850 bits per heavy atom. The Bertz CT molecular complexity index is 283. The first-order valence-electron chi connectivity index (χ1n) is 7.80. The number of quaternary nitrogens is 2. The topological polar surface area (TPSA) is 0 Å². The van der Waals surface area contributed by atoms with Gasteiger partial charge in [0.05, 0.1) is 54.4 Å². The smallest absolute Gasteiger partial charge is 0.0941 e. The normalized spacial score (nSPS) is 42.9. The van der Waals surface area contributed by atoms with Crippen molar-refractivity contribution < 1.29 is 42.9 Å². The lowest BCUT2D eigenvalue weighted by Gasteiger charge is -2.61. The minimum Gasteiger partial charge on any atom is -1.00 e. The van der Waals surface area contributed by atoms with Crippen LogP contribution in [0.3, 0.4) is 0 Å². The van der Waals surface area contributed by atoms with Crippen molar-refractivity contribution in [3.8, 4) is 0 Å². The Balaban J connectivity index is 0.000001000. The van der Waals surface area contributed by atoms with E-state index in [4.69, 9.17) is 0 Å². The minimum absolute atomic E-state index is 0. The van der Waals surface area contributed by atoms with Gasteiger partial charge in [0.15, 0.2) is 0 Å². The van der Waals surface area contributed by atoms with Gasteiger partial charge < -0.3 is 42.9 Å². The van der Waals surface area contributed by atoms with Gasteiger partial charge in [-0.1, -0.05) is 0 Å². The predicted octanol–water partition coefficient (Wildman–Crippen LogP) is -3.79. The van der Waals surface area contributed by atoms with Crippen molar-refractivity contribution in [1.29, 1.82) is 0 Å². The molecule has 20 heavy (non-hydrogen) atoms. The fourth-order valence-electron chi connectivity index (χ4n) is 6.36. The highest BCUT2D eigenvalue weighted by atomic mass is 79.9. The van der Waals surface area contributed by atoms with Gasteiger partial charge in [-0.2, -0.15) is 0 Å². The molecule has 0 aromatic heterocycles. The van der Waals surface area contributed by atoms with Crippen LogP contribution in [0, 0.1) is 23.7 Å². The number of hydrogen-bond donors (Lipinski definition) is 0. The van der Waals surface area contributed by atoms with Crippen LogP contribution >= 0.6 is 0 Å². The Kier molecular flexibility index (Phi) is 5.51. The van der Waals surface area contributed by atoms with Gasteiger partial charge in [0.2, 0.25) is 0 Å². The van der Waals surface area contributed by atoms with Crippen molar-refractivity contribution in [2.75, 3.05) is 42.3 Å². The number of halogens is 2. The van der Waals surface area contributed by atoms with Gasteiger partial charge in [-0.05, 0) is 25.7 Å². The van der Waals surface area contributed by atoms with E-state index >= 15 is 0 Å². The first-order chi connectivity index (χ1) is 8.18. The molecule has 4 aliphatic rings. The maximum absolute atomic E-state index is 2.42. The molecule has 0 N–H and O–H groups in total. The Morgan fingerprint density at radius 2 is 0.700 bits per heavy atom. The van der Waals surface area contributed by atoms with Gasteiger partial charge in [0, 0.05) is 23.7 Å². The second-order valence-electron chi connectivity index (χ2n) is 9.20. The minimum atomic E-state index is 0. The third-order valence-electron chi connectivity index (χ3n) is 6.14. The Hall–Kier alpha value is 0.880. The summed E-state index contributed by atoms with van der Waals surface area (Å²) in [7, 11) is 14.5. The van der Waals surface area contributed by atoms with E-state index in [1.807, 2.05) is 0 Å². The Labute approximate surface area is 146 Å². The van der Waals surface area contributed by atoms with E-state index in [2.05, 4.69) is 42.3 Å². The number of nitrogens with zero attached hydrogens (tertiary/aromatic N) is 2. The quantitative estimate of drug-likeness (QED) is 0.409. The molecule has 0 heterocycles. The highest BCUT2D eigenvalue weighted by molar-refractivity contribution is 5.03. The van der Waals surface area contributed by atoms with E-state index in [0.29, 0.717) is 0 Å². The van der Waals surface area contributed by atoms with Gasteiger partial charge in [-0.15, -0.1) is 0 Å². The van der Waals surface area contributed by atoms with E-state index in [-0.39, 0.29) is 34.0 Å². The van der Waals surface area contributed by atoms with Crippen molar-refractivity contribution in [3.05, 3.63) is 0 Å². The lowest BCUT2D eigenvalue weighted by molar-refractivity contribution is -0.920. The molecule has 4 aliphatic carbocycles. The van der Waals surface area contributed by atoms with Crippen molar-refractivity contribution in [2.45, 2.75) is 37.8 Å². The van der Waals surface area contributed by atoms with E-state index in [9.17, 15) is 0 Å². The molecule has 4 saturated carbocycles. The van der Waals surface area contributed by atoms with Crippen LogP contribution < -0.4 is 34.0 Å². The summed E-state index contributed by atoms with van der Waals surface area (Å²) in [6.07, 6.45) is 6.08. The van der Waals surface area contributed by atoms with Crippen molar-refractivity contribution >= 4 is 0 Å². The molecule has 4 bridgehead atoms. The molecule has 4 heteroatoms. The molecule has 0 aliphatic heterocycles. The molecule has 0 spiro atoms. The second-order valence-corrected chi connectivity index (χ2v) is 9.20. The summed E-state index contributed by atoms with van der Waals surface area (Å²) in [5.74, 6) is 4.09. The zero-order valence-electron chi connectivity index (χ0n) is 13.9. The fraction of sp³-hybridized carbons (Fsp3) is 1.00. The van der Waals surface area contributed by atoms with Crippen LogP contribution in [0.2, 0.25) is 0 Å². The van der Waals surface area contributed by atoms with Gasteiger partial charge in [0.25, 0.3) is 0 Å². The van der Waals surface area contributed by atoms with Gasteiger partial charge in [-0.3, -0.25) is 0 Å². The van der Waals surface area contributed by atoms with E-state index in [0.717, 1.165) is 35.8 Å². The molecule has 0 atom stereocenters. The summed E-state index contributed by atoms with van der Waals surface area (Å²) < 4.78 is 2.40. The fourth-order valence-corrected chi connectivity index (χ4v) is 6.36. The van der Waals surface area contributed by atoms with Gasteiger partial charge >= 0.3 is 0 Å². The van der Waals surface area contributed by atoms with Crippen LogP contribution in [0.25, 0.3) is 0 Å². The molecule has 0 aromatic carbocycles. The molecule has 0 unspecified atom stereocenters. The first kappa shape index (κ1) is 18.9. The van der Waals surface area contributed by atoms with Crippen molar-refractivity contribution in [2.24, 2.45) is 23.7 Å². The largest absolute Gasteiger partial charge is 1.00 e. The average molecular weight is 412 g/mol. The summed E-state index contributed by atoms with van der Waals surface area (Å²) in [6, 6.07) is 1.90. The molecule has 120 valence electrons. The lowest BCUT2D eigenvalue weighted by Crippen LogP contribution is -3.00. The van der Waals surface area contributed by atoms with Crippen LogP contribution in [0.5, 0.6) is 0 Å². The summed E-state index contributed by atoms with van der Waals surface area (Å²) in [6.45, 7) is 0.